The van der Waals surface area contributed by atoms with Crippen LogP contribution in [0, 0.1) is 0 Å². The van der Waals surface area contributed by atoms with E-state index in [0.29, 0.717) is 12.8 Å². The van der Waals surface area contributed by atoms with Crippen molar-refractivity contribution in [3.05, 3.63) is 0 Å². The van der Waals surface area contributed by atoms with E-state index in [1.165, 1.54) is 4.90 Å². The molecule has 116 valence electrons. The van der Waals surface area contributed by atoms with Gasteiger partial charge in [0.1, 0.15) is 5.54 Å². The smallest absolute Gasteiger partial charge is 0.329 e. The number of amides is 2. The molecule has 0 aromatic carbocycles. The van der Waals surface area contributed by atoms with Crippen LogP contribution >= 0.6 is 0 Å². The molecule has 0 aliphatic heterocycles. The molecule has 2 amide bonds. The number of nitrogens with one attached hydrogen (secondary N) is 1. The fourth-order valence-electron chi connectivity index (χ4n) is 2.68. The second-order valence-corrected chi connectivity index (χ2v) is 6.40. The maximum absolute atomic E-state index is 12.2. The number of carboxylic acids is 1. The van der Waals surface area contributed by atoms with E-state index >= 15 is 0 Å². The molecule has 1 rings (SSSR count). The van der Waals surface area contributed by atoms with Gasteiger partial charge in [-0.05, 0) is 26.7 Å². The molecule has 0 radical (unpaired) electrons. The average molecular weight is 286 g/mol. The molecule has 1 aliphatic carbocycles. The topological polar surface area (TPSA) is 89.9 Å². The Bertz CT molecular complexity index is 355. The first-order valence-electron chi connectivity index (χ1n) is 7.15. The molecule has 0 spiro atoms. The number of carbonyl (C=O) groups excluding carboxylic acids is 1. The summed E-state index contributed by atoms with van der Waals surface area (Å²) in [5, 5.41) is 21.9. The highest BCUT2D eigenvalue weighted by Crippen LogP contribution is 2.27. The van der Waals surface area contributed by atoms with Crippen molar-refractivity contribution in [2.45, 2.75) is 63.5 Å². The van der Waals surface area contributed by atoms with E-state index in [1.54, 1.807) is 20.9 Å². The Morgan fingerprint density at radius 1 is 1.20 bits per heavy atom. The van der Waals surface area contributed by atoms with Gasteiger partial charge in [-0.3, -0.25) is 0 Å². The van der Waals surface area contributed by atoms with E-state index in [2.05, 4.69) is 5.32 Å². The quantitative estimate of drug-likeness (QED) is 0.684. The fraction of sp³-hybridized carbons (Fsp3) is 0.857. The third kappa shape index (κ3) is 4.67. The normalized spacial score (nSPS) is 19.0. The van der Waals surface area contributed by atoms with Gasteiger partial charge >= 0.3 is 12.0 Å². The monoisotopic (exact) mass is 286 g/mol. The van der Waals surface area contributed by atoms with Crippen molar-refractivity contribution < 1.29 is 19.8 Å². The first-order valence-corrected chi connectivity index (χ1v) is 7.15. The van der Waals surface area contributed by atoms with Crippen LogP contribution in [-0.2, 0) is 4.79 Å². The van der Waals surface area contributed by atoms with E-state index in [-0.39, 0.29) is 6.54 Å². The predicted octanol–water partition coefficient (Wildman–Crippen LogP) is 1.58. The van der Waals surface area contributed by atoms with E-state index < -0.39 is 23.1 Å². The number of urea groups is 1. The number of nitrogens with zero attached hydrogens (tertiary/aromatic N) is 1. The minimum Gasteiger partial charge on any atom is -0.480 e. The molecule has 1 saturated carbocycles. The summed E-state index contributed by atoms with van der Waals surface area (Å²) in [6, 6.07) is -0.448. The van der Waals surface area contributed by atoms with Crippen LogP contribution in [0.5, 0.6) is 0 Å². The van der Waals surface area contributed by atoms with Crippen LogP contribution in [0.4, 0.5) is 4.79 Å². The number of carboxylic acid groups (broad SMARTS) is 1. The first kappa shape index (κ1) is 16.8. The summed E-state index contributed by atoms with van der Waals surface area (Å²) in [5.74, 6) is -0.968. The van der Waals surface area contributed by atoms with E-state index in [9.17, 15) is 19.8 Å². The predicted molar refractivity (Wildman–Crippen MR) is 75.5 cm³/mol. The van der Waals surface area contributed by atoms with Gasteiger partial charge in [0.25, 0.3) is 0 Å². The Kier molecular flexibility index (Phi) is 5.39. The van der Waals surface area contributed by atoms with Gasteiger partial charge in [0, 0.05) is 7.05 Å². The third-order valence-corrected chi connectivity index (χ3v) is 3.68. The van der Waals surface area contributed by atoms with Gasteiger partial charge in [-0.25, -0.2) is 9.59 Å². The second-order valence-electron chi connectivity index (χ2n) is 6.40. The van der Waals surface area contributed by atoms with E-state index in [1.807, 2.05) is 0 Å². The molecule has 0 saturated heterocycles. The van der Waals surface area contributed by atoms with E-state index in [4.69, 9.17) is 0 Å². The molecule has 0 aromatic rings. The molecule has 0 aromatic heterocycles. The lowest BCUT2D eigenvalue weighted by Gasteiger charge is -2.33. The largest absolute Gasteiger partial charge is 0.480 e. The second kappa shape index (κ2) is 6.43. The highest BCUT2D eigenvalue weighted by atomic mass is 16.4. The van der Waals surface area contributed by atoms with Gasteiger partial charge in [-0.1, -0.05) is 25.7 Å². The van der Waals surface area contributed by atoms with Crippen LogP contribution in [-0.4, -0.2) is 51.8 Å². The highest BCUT2D eigenvalue weighted by molar-refractivity contribution is 5.86. The molecular weight excluding hydrogens is 260 g/mol. The van der Waals surface area contributed by atoms with Gasteiger partial charge in [0.05, 0.1) is 12.1 Å². The number of rotatable bonds is 4. The van der Waals surface area contributed by atoms with E-state index in [0.717, 1.165) is 25.7 Å². The standard InChI is InChI=1S/C14H26N2O4/c1-13(2,20)10-16(3)12(19)15-14(11(17)18)8-6-4-5-7-9-14/h20H,4-10H2,1-3H3,(H,15,19)(H,17,18). The first-order chi connectivity index (χ1) is 9.16. The Morgan fingerprint density at radius 2 is 1.70 bits per heavy atom. The van der Waals surface area contributed by atoms with Gasteiger partial charge < -0.3 is 20.4 Å². The van der Waals surface area contributed by atoms with Crippen molar-refractivity contribution >= 4 is 12.0 Å². The third-order valence-electron chi connectivity index (χ3n) is 3.68. The number of likely N-dealkylation sites (N-methyl/N-ethyl adjacent to an activating group) is 1. The summed E-state index contributed by atoms with van der Waals surface area (Å²) >= 11 is 0. The Balaban J connectivity index is 2.75. The van der Waals surface area contributed by atoms with Crippen molar-refractivity contribution in [2.75, 3.05) is 13.6 Å². The lowest BCUT2D eigenvalue weighted by Crippen LogP contribution is -2.58. The number of hydrogen-bond acceptors (Lipinski definition) is 3. The van der Waals surface area contributed by atoms with Crippen LogP contribution in [0.15, 0.2) is 0 Å². The fourth-order valence-corrected chi connectivity index (χ4v) is 2.68. The zero-order valence-electron chi connectivity index (χ0n) is 12.6. The van der Waals surface area contributed by atoms with Gasteiger partial charge in [0.15, 0.2) is 0 Å². The average Bonchev–Trinajstić information content (AvgIpc) is 2.53. The van der Waals surface area contributed by atoms with Crippen LogP contribution in [0.25, 0.3) is 0 Å². The van der Waals surface area contributed by atoms with Crippen molar-refractivity contribution in [2.24, 2.45) is 0 Å². The zero-order chi connectivity index (χ0) is 15.4. The Labute approximate surface area is 120 Å². The Hall–Kier alpha value is -1.30. The summed E-state index contributed by atoms with van der Waals surface area (Å²) in [6.07, 6.45) is 4.55. The molecule has 1 aliphatic rings. The number of carbonyl (C=O) groups is 2. The Morgan fingerprint density at radius 3 is 2.10 bits per heavy atom. The van der Waals surface area contributed by atoms with Crippen molar-refractivity contribution in [1.82, 2.24) is 10.2 Å². The lowest BCUT2D eigenvalue weighted by atomic mass is 9.90. The SMILES string of the molecule is CN(CC(C)(C)O)C(=O)NC1(C(=O)O)CCCCCC1. The number of hydrogen-bond donors (Lipinski definition) is 3. The van der Waals surface area contributed by atoms with Crippen LogP contribution in [0.3, 0.4) is 0 Å². The van der Waals surface area contributed by atoms with Gasteiger partial charge in [-0.2, -0.15) is 0 Å². The summed E-state index contributed by atoms with van der Waals surface area (Å²) < 4.78 is 0. The maximum Gasteiger partial charge on any atom is 0.329 e. The zero-order valence-corrected chi connectivity index (χ0v) is 12.6. The van der Waals surface area contributed by atoms with Crippen molar-refractivity contribution in [3.8, 4) is 0 Å². The molecule has 0 heterocycles. The summed E-state index contributed by atoms with van der Waals surface area (Å²) in [7, 11) is 1.56. The van der Waals surface area contributed by atoms with Crippen LogP contribution in [0.1, 0.15) is 52.4 Å². The molecule has 0 bridgehead atoms. The number of aliphatic hydroxyl groups is 1. The molecule has 20 heavy (non-hydrogen) atoms. The molecule has 1 fully saturated rings. The highest BCUT2D eigenvalue weighted by Gasteiger charge is 2.40. The van der Waals surface area contributed by atoms with Crippen LogP contribution < -0.4 is 5.32 Å². The molecular formula is C14H26N2O4. The van der Waals surface area contributed by atoms with Gasteiger partial charge in [-0.15, -0.1) is 0 Å². The summed E-state index contributed by atoms with van der Waals surface area (Å²) in [6.45, 7) is 3.36. The van der Waals surface area contributed by atoms with Crippen molar-refractivity contribution in [1.29, 1.82) is 0 Å². The molecule has 6 heteroatoms. The number of aliphatic carboxylic acids is 1. The summed E-state index contributed by atoms with van der Waals surface area (Å²) in [4.78, 5) is 25.1. The maximum atomic E-state index is 12.2. The minimum absolute atomic E-state index is 0.147. The lowest BCUT2D eigenvalue weighted by molar-refractivity contribution is -0.145. The molecule has 3 N–H and O–H groups in total. The summed E-state index contributed by atoms with van der Waals surface area (Å²) in [5.41, 5.74) is -2.17. The molecule has 6 nitrogen and oxygen atoms in total. The van der Waals surface area contributed by atoms with Gasteiger partial charge in [0.2, 0.25) is 0 Å². The minimum atomic E-state index is -1.17. The molecule has 0 unspecified atom stereocenters. The van der Waals surface area contributed by atoms with Crippen molar-refractivity contribution in [3.63, 3.8) is 0 Å². The molecule has 0 atom stereocenters. The van der Waals surface area contributed by atoms with Crippen LogP contribution in [0.2, 0.25) is 0 Å².